The molecule has 0 aliphatic heterocycles. The van der Waals surface area contributed by atoms with Crippen LogP contribution in [0.2, 0.25) is 0 Å². The third-order valence-electron chi connectivity index (χ3n) is 2.44. The summed E-state index contributed by atoms with van der Waals surface area (Å²) in [7, 11) is 0. The summed E-state index contributed by atoms with van der Waals surface area (Å²) in [4.78, 5) is 0. The summed E-state index contributed by atoms with van der Waals surface area (Å²) in [6, 6.07) is 6.79. The summed E-state index contributed by atoms with van der Waals surface area (Å²) >= 11 is 3.39. The fraction of sp³-hybridized carbons (Fsp3) is 0.500. The fourth-order valence-electron chi connectivity index (χ4n) is 1.75. The fourth-order valence-corrected chi connectivity index (χ4v) is 2.38. The lowest BCUT2D eigenvalue weighted by atomic mass is 10.1. The van der Waals surface area contributed by atoms with Gasteiger partial charge in [0.15, 0.2) is 0 Å². The molecule has 5 heteroatoms. The molecule has 1 N–H and O–H groups in total. The Morgan fingerprint density at radius 1 is 1.24 bits per heavy atom. The summed E-state index contributed by atoms with van der Waals surface area (Å²) in [5.41, 5.74) is 0.960. The van der Waals surface area contributed by atoms with Gasteiger partial charge in [0.25, 0.3) is 0 Å². The van der Waals surface area contributed by atoms with Crippen molar-refractivity contribution in [1.29, 1.82) is 0 Å². The van der Waals surface area contributed by atoms with E-state index in [1.807, 2.05) is 31.2 Å². The maximum Gasteiger partial charge on any atom is 0.390 e. The van der Waals surface area contributed by atoms with Crippen LogP contribution < -0.4 is 5.32 Å². The lowest BCUT2D eigenvalue weighted by Crippen LogP contribution is -2.33. The summed E-state index contributed by atoms with van der Waals surface area (Å²) in [6.45, 7) is 3.40. The lowest BCUT2D eigenvalue weighted by molar-refractivity contribution is -0.139. The van der Waals surface area contributed by atoms with Gasteiger partial charge in [-0.3, -0.25) is 0 Å². The van der Waals surface area contributed by atoms with Crippen LogP contribution >= 0.6 is 15.9 Å². The molecule has 0 aliphatic carbocycles. The quantitative estimate of drug-likeness (QED) is 0.867. The first-order valence-electron chi connectivity index (χ1n) is 5.37. The molecule has 0 fully saturated rings. The molecule has 0 amide bonds. The highest BCUT2D eigenvalue weighted by Gasteiger charge is 2.30. The Morgan fingerprint density at radius 2 is 1.82 bits per heavy atom. The molecule has 0 bridgehead atoms. The van der Waals surface area contributed by atoms with E-state index in [1.54, 1.807) is 6.92 Å². The SMILES string of the molecule is CC(CC(F)(F)F)NC(C)c1ccccc1Br. The second-order valence-corrected chi connectivity index (χ2v) is 4.98. The Labute approximate surface area is 108 Å². The van der Waals surface area contributed by atoms with Crippen LogP contribution in [0.5, 0.6) is 0 Å². The predicted octanol–water partition coefficient (Wildman–Crippen LogP) is 4.44. The monoisotopic (exact) mass is 309 g/mol. The zero-order valence-corrected chi connectivity index (χ0v) is 11.3. The van der Waals surface area contributed by atoms with E-state index in [2.05, 4.69) is 21.2 Å². The lowest BCUT2D eigenvalue weighted by Gasteiger charge is -2.22. The van der Waals surface area contributed by atoms with Crippen molar-refractivity contribution in [3.05, 3.63) is 34.3 Å². The van der Waals surface area contributed by atoms with E-state index in [9.17, 15) is 13.2 Å². The standard InChI is InChI=1S/C12H15BrF3N/c1-8(7-12(14,15)16)17-9(2)10-5-3-4-6-11(10)13/h3-6,8-9,17H,7H2,1-2H3. The smallest absolute Gasteiger partial charge is 0.307 e. The molecule has 2 atom stereocenters. The number of nitrogens with one attached hydrogen (secondary N) is 1. The van der Waals surface area contributed by atoms with Crippen molar-refractivity contribution in [1.82, 2.24) is 5.32 Å². The Bertz CT molecular complexity index is 365. The van der Waals surface area contributed by atoms with E-state index in [1.165, 1.54) is 0 Å². The maximum absolute atomic E-state index is 12.2. The molecule has 0 heterocycles. The zero-order valence-electron chi connectivity index (χ0n) is 9.68. The van der Waals surface area contributed by atoms with Crippen molar-refractivity contribution in [3.8, 4) is 0 Å². The highest BCUT2D eigenvalue weighted by Crippen LogP contribution is 2.26. The van der Waals surface area contributed by atoms with E-state index >= 15 is 0 Å². The third-order valence-corrected chi connectivity index (χ3v) is 3.17. The van der Waals surface area contributed by atoms with Gasteiger partial charge in [-0.1, -0.05) is 34.1 Å². The van der Waals surface area contributed by atoms with Crippen molar-refractivity contribution < 1.29 is 13.2 Å². The minimum atomic E-state index is -4.12. The molecule has 2 unspecified atom stereocenters. The van der Waals surface area contributed by atoms with E-state index in [0.717, 1.165) is 10.0 Å². The molecule has 17 heavy (non-hydrogen) atoms. The largest absolute Gasteiger partial charge is 0.390 e. The van der Waals surface area contributed by atoms with Crippen molar-refractivity contribution in [2.24, 2.45) is 0 Å². The molecule has 1 aromatic carbocycles. The number of hydrogen-bond acceptors (Lipinski definition) is 1. The predicted molar refractivity (Wildman–Crippen MR) is 65.8 cm³/mol. The Hall–Kier alpha value is -0.550. The van der Waals surface area contributed by atoms with Crippen molar-refractivity contribution in [2.45, 2.75) is 38.5 Å². The third kappa shape index (κ3) is 5.08. The average Bonchev–Trinajstić information content (AvgIpc) is 2.14. The van der Waals surface area contributed by atoms with Crippen LogP contribution in [0.25, 0.3) is 0 Å². The van der Waals surface area contributed by atoms with Gasteiger partial charge in [-0.05, 0) is 25.5 Å². The van der Waals surface area contributed by atoms with Crippen LogP contribution in [0.1, 0.15) is 31.9 Å². The van der Waals surface area contributed by atoms with Crippen LogP contribution in [0, 0.1) is 0 Å². The number of alkyl halides is 3. The summed E-state index contributed by atoms with van der Waals surface area (Å²) < 4.78 is 37.5. The van der Waals surface area contributed by atoms with Gasteiger partial charge in [-0.15, -0.1) is 0 Å². The molecule has 0 aliphatic rings. The number of hydrogen-bond donors (Lipinski definition) is 1. The minimum Gasteiger partial charge on any atom is -0.307 e. The van der Waals surface area contributed by atoms with Crippen molar-refractivity contribution in [3.63, 3.8) is 0 Å². The second kappa shape index (κ2) is 5.87. The first-order chi connectivity index (χ1) is 7.79. The first kappa shape index (κ1) is 14.5. The molecule has 0 saturated carbocycles. The maximum atomic E-state index is 12.2. The van der Waals surface area contributed by atoms with E-state index in [-0.39, 0.29) is 6.04 Å². The minimum absolute atomic E-state index is 0.122. The second-order valence-electron chi connectivity index (χ2n) is 4.13. The molecule has 0 aromatic heterocycles. The van der Waals surface area contributed by atoms with Gasteiger partial charge in [-0.2, -0.15) is 13.2 Å². The molecule has 0 radical (unpaired) electrons. The van der Waals surface area contributed by atoms with Crippen LogP contribution in [0.4, 0.5) is 13.2 Å². The van der Waals surface area contributed by atoms with Crippen LogP contribution in [-0.4, -0.2) is 12.2 Å². The van der Waals surface area contributed by atoms with Crippen LogP contribution in [0.15, 0.2) is 28.7 Å². The highest BCUT2D eigenvalue weighted by molar-refractivity contribution is 9.10. The van der Waals surface area contributed by atoms with Gasteiger partial charge in [0.2, 0.25) is 0 Å². The Kier molecular flexibility index (Phi) is 5.01. The molecule has 1 rings (SSSR count). The molecule has 1 nitrogen and oxygen atoms in total. The number of halogens is 4. The van der Waals surface area contributed by atoms with Gasteiger partial charge in [0, 0.05) is 16.6 Å². The molecule has 96 valence electrons. The summed E-state index contributed by atoms with van der Waals surface area (Å²) in [6.07, 6.45) is -4.94. The van der Waals surface area contributed by atoms with E-state index in [0.29, 0.717) is 0 Å². The molecular weight excluding hydrogens is 295 g/mol. The molecule has 0 saturated heterocycles. The number of rotatable bonds is 4. The van der Waals surface area contributed by atoms with E-state index < -0.39 is 18.6 Å². The van der Waals surface area contributed by atoms with Gasteiger partial charge >= 0.3 is 6.18 Å². The van der Waals surface area contributed by atoms with Gasteiger partial charge < -0.3 is 5.32 Å². The van der Waals surface area contributed by atoms with Crippen LogP contribution in [-0.2, 0) is 0 Å². The first-order valence-corrected chi connectivity index (χ1v) is 6.16. The Morgan fingerprint density at radius 3 is 2.35 bits per heavy atom. The van der Waals surface area contributed by atoms with Crippen molar-refractivity contribution in [2.75, 3.05) is 0 Å². The van der Waals surface area contributed by atoms with Gasteiger partial charge in [0.05, 0.1) is 6.42 Å². The van der Waals surface area contributed by atoms with Gasteiger partial charge in [0.1, 0.15) is 0 Å². The molecule has 0 spiro atoms. The molecule has 1 aromatic rings. The topological polar surface area (TPSA) is 12.0 Å². The normalized spacial score (nSPS) is 15.6. The molecular formula is C12H15BrF3N. The zero-order chi connectivity index (χ0) is 13.1. The number of benzene rings is 1. The highest BCUT2D eigenvalue weighted by atomic mass is 79.9. The van der Waals surface area contributed by atoms with Gasteiger partial charge in [-0.25, -0.2) is 0 Å². The average molecular weight is 310 g/mol. The van der Waals surface area contributed by atoms with Crippen molar-refractivity contribution >= 4 is 15.9 Å². The van der Waals surface area contributed by atoms with Crippen LogP contribution in [0.3, 0.4) is 0 Å². The summed E-state index contributed by atoms with van der Waals surface area (Å²) in [5.74, 6) is 0. The summed E-state index contributed by atoms with van der Waals surface area (Å²) in [5, 5.41) is 2.94. The Balaban J connectivity index is 2.61. The van der Waals surface area contributed by atoms with E-state index in [4.69, 9.17) is 0 Å².